The number of benzene rings is 1. The van der Waals surface area contributed by atoms with E-state index in [1.54, 1.807) is 0 Å². The van der Waals surface area contributed by atoms with Crippen LogP contribution in [0.3, 0.4) is 0 Å². The van der Waals surface area contributed by atoms with Crippen LogP contribution in [0.25, 0.3) is 0 Å². The van der Waals surface area contributed by atoms with Crippen molar-refractivity contribution in [2.45, 2.75) is 13.0 Å². The van der Waals surface area contributed by atoms with Crippen molar-refractivity contribution >= 4 is 12.1 Å². The molecule has 5 heteroatoms. The van der Waals surface area contributed by atoms with Crippen molar-refractivity contribution < 1.29 is 9.94 Å². The van der Waals surface area contributed by atoms with Gasteiger partial charge in [0.05, 0.1) is 12.8 Å². The van der Waals surface area contributed by atoms with Crippen LogP contribution in [0.1, 0.15) is 12.5 Å². The molecule has 1 aromatic carbocycles. The summed E-state index contributed by atoms with van der Waals surface area (Å²) in [7, 11) is 0. The van der Waals surface area contributed by atoms with E-state index in [-0.39, 0.29) is 6.10 Å². The quantitative estimate of drug-likeness (QED) is 0.467. The minimum Gasteiger partial charge on any atom is -0.482 e. The predicted octanol–water partition coefficient (Wildman–Crippen LogP) is 1.26. The van der Waals surface area contributed by atoms with Gasteiger partial charge in [-0.1, -0.05) is 17.3 Å². The maximum absolute atomic E-state index is 8.57. The Hall–Kier alpha value is -2.04. The Bertz CT molecular complexity index is 443. The fraction of sp³-hybridized carbons (Fsp3) is 0.333. The van der Waals surface area contributed by atoms with Crippen molar-refractivity contribution in [3.8, 4) is 5.75 Å². The highest BCUT2D eigenvalue weighted by Gasteiger charge is 2.16. The lowest BCUT2D eigenvalue weighted by Crippen LogP contribution is -2.33. The Morgan fingerprint density at radius 2 is 2.35 bits per heavy atom. The minimum atomic E-state index is -0.134. The normalized spacial score (nSPS) is 16.6. The lowest BCUT2D eigenvalue weighted by molar-refractivity contribution is 0.283. The maximum atomic E-state index is 8.57. The van der Waals surface area contributed by atoms with Crippen LogP contribution in [0, 0.1) is 0 Å². The minimum absolute atomic E-state index is 0.134. The topological polar surface area (TPSA) is 66.2 Å². The van der Waals surface area contributed by atoms with Crippen LogP contribution < -0.4 is 10.1 Å². The Morgan fingerprint density at radius 3 is 3.06 bits per heavy atom. The van der Waals surface area contributed by atoms with Crippen molar-refractivity contribution in [2.24, 2.45) is 10.1 Å². The predicted molar refractivity (Wildman–Crippen MR) is 66.2 cm³/mol. The van der Waals surface area contributed by atoms with Gasteiger partial charge < -0.3 is 15.3 Å². The van der Waals surface area contributed by atoms with Crippen LogP contribution in [0.5, 0.6) is 5.75 Å². The summed E-state index contributed by atoms with van der Waals surface area (Å²) in [4.78, 5) is 4.30. The lowest BCUT2D eigenvalue weighted by Gasteiger charge is -2.16. The Morgan fingerprint density at radius 1 is 1.53 bits per heavy atom. The third-order valence-corrected chi connectivity index (χ3v) is 2.50. The molecular weight excluding hydrogens is 218 g/mol. The molecule has 0 aromatic heterocycles. The molecule has 2 rings (SSSR count). The molecule has 0 radical (unpaired) electrons. The molecule has 0 saturated heterocycles. The van der Waals surface area contributed by atoms with Gasteiger partial charge in [-0.05, 0) is 19.1 Å². The fourth-order valence-electron chi connectivity index (χ4n) is 1.69. The molecule has 17 heavy (non-hydrogen) atoms. The highest BCUT2D eigenvalue weighted by Crippen LogP contribution is 2.18. The van der Waals surface area contributed by atoms with E-state index in [0.717, 1.165) is 24.5 Å². The molecule has 5 nitrogen and oxygen atoms in total. The smallest absolute Gasteiger partial charge is 0.152 e. The standard InChI is InChI=1S/C12H15N3O2/c1-9(12-13-6-7-14-12)17-11-5-3-2-4-10(11)8-15-16/h2-5,8-9,16H,6-7H2,1H3,(H,13,14)/b15-8-/t9-/m0/s1. The summed E-state index contributed by atoms with van der Waals surface area (Å²) in [5, 5.41) is 14.8. The van der Waals surface area contributed by atoms with Crippen LogP contribution in [0.2, 0.25) is 0 Å². The van der Waals surface area contributed by atoms with E-state index in [2.05, 4.69) is 15.5 Å². The molecule has 1 heterocycles. The van der Waals surface area contributed by atoms with Crippen LogP contribution in [0.4, 0.5) is 0 Å². The summed E-state index contributed by atoms with van der Waals surface area (Å²) < 4.78 is 5.79. The summed E-state index contributed by atoms with van der Waals surface area (Å²) in [5.74, 6) is 1.54. The van der Waals surface area contributed by atoms with Gasteiger partial charge in [0, 0.05) is 12.1 Å². The maximum Gasteiger partial charge on any atom is 0.152 e. The zero-order chi connectivity index (χ0) is 12.1. The lowest BCUT2D eigenvalue weighted by atomic mass is 10.2. The second-order valence-corrected chi connectivity index (χ2v) is 3.74. The third-order valence-electron chi connectivity index (χ3n) is 2.50. The number of rotatable bonds is 4. The van der Waals surface area contributed by atoms with Crippen molar-refractivity contribution in [3.63, 3.8) is 0 Å². The van der Waals surface area contributed by atoms with Crippen LogP contribution >= 0.6 is 0 Å². The molecular formula is C12H15N3O2. The second-order valence-electron chi connectivity index (χ2n) is 3.74. The van der Waals surface area contributed by atoms with Gasteiger partial charge in [0.2, 0.25) is 0 Å². The Kier molecular flexibility index (Phi) is 3.59. The number of oxime groups is 1. The third kappa shape index (κ3) is 2.75. The number of hydrogen-bond acceptors (Lipinski definition) is 5. The average molecular weight is 233 g/mol. The first kappa shape index (κ1) is 11.4. The molecule has 1 atom stereocenters. The first-order chi connectivity index (χ1) is 8.31. The molecule has 0 fully saturated rings. The monoisotopic (exact) mass is 233 g/mol. The van der Waals surface area contributed by atoms with Crippen molar-refractivity contribution in [1.29, 1.82) is 0 Å². The van der Waals surface area contributed by atoms with Crippen LogP contribution in [-0.4, -0.2) is 36.5 Å². The average Bonchev–Trinajstić information content (AvgIpc) is 2.85. The molecule has 2 N–H and O–H groups in total. The number of aliphatic imine (C=N–C) groups is 1. The second kappa shape index (κ2) is 5.34. The summed E-state index contributed by atoms with van der Waals surface area (Å²) in [5.41, 5.74) is 0.737. The molecule has 1 aromatic rings. The molecule has 0 unspecified atom stereocenters. The van der Waals surface area contributed by atoms with Gasteiger partial charge >= 0.3 is 0 Å². The fourth-order valence-corrected chi connectivity index (χ4v) is 1.69. The van der Waals surface area contributed by atoms with Gasteiger partial charge in [-0.3, -0.25) is 4.99 Å². The van der Waals surface area contributed by atoms with Gasteiger partial charge in [0.1, 0.15) is 11.6 Å². The van der Waals surface area contributed by atoms with E-state index in [1.165, 1.54) is 6.21 Å². The highest BCUT2D eigenvalue weighted by atomic mass is 16.5. The van der Waals surface area contributed by atoms with Crippen molar-refractivity contribution in [2.75, 3.05) is 13.1 Å². The summed E-state index contributed by atoms with van der Waals surface area (Å²) in [6.07, 6.45) is 1.22. The van der Waals surface area contributed by atoms with E-state index in [1.807, 2.05) is 31.2 Å². The van der Waals surface area contributed by atoms with Crippen LogP contribution in [0.15, 0.2) is 34.4 Å². The summed E-state index contributed by atoms with van der Waals surface area (Å²) in [6.45, 7) is 3.59. The van der Waals surface area contributed by atoms with Gasteiger partial charge in [0.15, 0.2) is 6.10 Å². The SMILES string of the molecule is C[C@H](Oc1ccccc1/C=N\O)C1=NCCN1. The molecule has 0 bridgehead atoms. The molecule has 0 amide bonds. The van der Waals surface area contributed by atoms with Crippen molar-refractivity contribution in [1.82, 2.24) is 5.32 Å². The van der Waals surface area contributed by atoms with Crippen LogP contribution in [-0.2, 0) is 0 Å². The summed E-state index contributed by atoms with van der Waals surface area (Å²) >= 11 is 0. The molecule has 90 valence electrons. The van der Waals surface area contributed by atoms with E-state index >= 15 is 0 Å². The number of para-hydroxylation sites is 1. The first-order valence-corrected chi connectivity index (χ1v) is 5.52. The molecule has 0 saturated carbocycles. The molecule has 1 aliphatic heterocycles. The van der Waals surface area contributed by atoms with E-state index in [4.69, 9.17) is 9.94 Å². The molecule has 0 spiro atoms. The number of nitrogens with zero attached hydrogens (tertiary/aromatic N) is 2. The van der Waals surface area contributed by atoms with E-state index in [9.17, 15) is 0 Å². The Balaban J connectivity index is 2.12. The highest BCUT2D eigenvalue weighted by molar-refractivity contribution is 5.88. The first-order valence-electron chi connectivity index (χ1n) is 5.52. The zero-order valence-electron chi connectivity index (χ0n) is 9.63. The summed E-state index contributed by atoms with van der Waals surface area (Å²) in [6, 6.07) is 7.40. The Labute approximate surface area is 99.8 Å². The molecule has 1 aliphatic rings. The van der Waals surface area contributed by atoms with Gasteiger partial charge in [-0.15, -0.1) is 0 Å². The van der Waals surface area contributed by atoms with E-state index < -0.39 is 0 Å². The van der Waals surface area contributed by atoms with Gasteiger partial charge in [0.25, 0.3) is 0 Å². The molecule has 0 aliphatic carbocycles. The number of hydrogen-bond donors (Lipinski definition) is 2. The van der Waals surface area contributed by atoms with Gasteiger partial charge in [-0.25, -0.2) is 0 Å². The van der Waals surface area contributed by atoms with E-state index in [0.29, 0.717) is 5.75 Å². The van der Waals surface area contributed by atoms with Gasteiger partial charge in [-0.2, -0.15) is 0 Å². The number of ether oxygens (including phenoxy) is 1. The largest absolute Gasteiger partial charge is 0.482 e. The number of amidine groups is 1. The number of nitrogens with one attached hydrogen (secondary N) is 1. The van der Waals surface area contributed by atoms with Crippen molar-refractivity contribution in [3.05, 3.63) is 29.8 Å². The zero-order valence-corrected chi connectivity index (χ0v) is 9.63.